The number of rotatable bonds is 5. The van der Waals surface area contributed by atoms with Gasteiger partial charge in [0.2, 0.25) is 0 Å². The van der Waals surface area contributed by atoms with Crippen LogP contribution in [0.3, 0.4) is 0 Å². The molecule has 0 atom stereocenters. The van der Waals surface area contributed by atoms with Gasteiger partial charge >= 0.3 is 5.97 Å². The number of anilines is 1. The van der Waals surface area contributed by atoms with Crippen LogP contribution in [0.15, 0.2) is 48.5 Å². The van der Waals surface area contributed by atoms with Crippen LogP contribution in [0.1, 0.15) is 36.7 Å². The zero-order valence-electron chi connectivity index (χ0n) is 14.0. The molecule has 2 N–H and O–H groups in total. The summed E-state index contributed by atoms with van der Waals surface area (Å²) >= 11 is 0. The largest absolute Gasteiger partial charge is 0.484 e. The predicted molar refractivity (Wildman–Crippen MR) is 92.7 cm³/mol. The molecule has 2 aromatic rings. The van der Waals surface area contributed by atoms with E-state index >= 15 is 0 Å². The number of ether oxygens (including phenoxy) is 1. The van der Waals surface area contributed by atoms with Gasteiger partial charge in [0.25, 0.3) is 5.91 Å². The SMILES string of the molecule is CC(C)(C)c1ccc(OCC(=O)Nc2ccccc2C(=O)O)cc1. The van der Waals surface area contributed by atoms with Crippen LogP contribution in [0.4, 0.5) is 5.69 Å². The fraction of sp³-hybridized carbons (Fsp3) is 0.263. The van der Waals surface area contributed by atoms with E-state index in [4.69, 9.17) is 9.84 Å². The molecule has 0 bridgehead atoms. The van der Waals surface area contributed by atoms with Gasteiger partial charge < -0.3 is 15.2 Å². The van der Waals surface area contributed by atoms with Gasteiger partial charge in [0.1, 0.15) is 5.75 Å². The Kier molecular flexibility index (Phi) is 5.24. The lowest BCUT2D eigenvalue weighted by Crippen LogP contribution is -2.21. The highest BCUT2D eigenvalue weighted by atomic mass is 16.5. The lowest BCUT2D eigenvalue weighted by Gasteiger charge is -2.19. The average Bonchev–Trinajstić information content (AvgIpc) is 2.53. The Hall–Kier alpha value is -2.82. The lowest BCUT2D eigenvalue weighted by atomic mass is 9.87. The van der Waals surface area contributed by atoms with Crippen molar-refractivity contribution in [3.63, 3.8) is 0 Å². The molecule has 1 amide bonds. The van der Waals surface area contributed by atoms with Crippen molar-refractivity contribution in [2.24, 2.45) is 0 Å². The van der Waals surface area contributed by atoms with Crippen molar-refractivity contribution in [1.29, 1.82) is 0 Å². The summed E-state index contributed by atoms with van der Waals surface area (Å²) < 4.78 is 5.45. The van der Waals surface area contributed by atoms with E-state index < -0.39 is 11.9 Å². The summed E-state index contributed by atoms with van der Waals surface area (Å²) in [5.74, 6) is -0.919. The fourth-order valence-electron chi connectivity index (χ4n) is 2.16. The van der Waals surface area contributed by atoms with Crippen LogP contribution in [0.25, 0.3) is 0 Å². The summed E-state index contributed by atoms with van der Waals surface area (Å²) in [6, 6.07) is 13.8. The normalized spacial score (nSPS) is 11.0. The van der Waals surface area contributed by atoms with E-state index in [9.17, 15) is 9.59 Å². The molecule has 0 aliphatic rings. The first-order valence-electron chi connectivity index (χ1n) is 7.63. The molecular weight excluding hydrogens is 306 g/mol. The maximum atomic E-state index is 12.0. The Morgan fingerprint density at radius 3 is 2.25 bits per heavy atom. The molecule has 5 nitrogen and oxygen atoms in total. The summed E-state index contributed by atoms with van der Waals surface area (Å²) in [6.45, 7) is 6.17. The van der Waals surface area contributed by atoms with Crippen molar-refractivity contribution in [3.8, 4) is 5.75 Å². The number of carboxylic acids is 1. The molecule has 0 aliphatic carbocycles. The molecule has 2 aromatic carbocycles. The number of benzene rings is 2. The third-order valence-corrected chi connectivity index (χ3v) is 3.52. The third-order valence-electron chi connectivity index (χ3n) is 3.52. The quantitative estimate of drug-likeness (QED) is 0.878. The number of aromatic carboxylic acids is 1. The molecule has 0 aromatic heterocycles. The minimum atomic E-state index is -1.09. The Morgan fingerprint density at radius 1 is 1.04 bits per heavy atom. The van der Waals surface area contributed by atoms with Crippen molar-refractivity contribution in [2.75, 3.05) is 11.9 Å². The summed E-state index contributed by atoms with van der Waals surface area (Å²) in [5, 5.41) is 11.6. The van der Waals surface area contributed by atoms with Crippen molar-refractivity contribution in [3.05, 3.63) is 59.7 Å². The van der Waals surface area contributed by atoms with Crippen molar-refractivity contribution in [1.82, 2.24) is 0 Å². The molecule has 0 unspecified atom stereocenters. The van der Waals surface area contributed by atoms with Gasteiger partial charge in [-0.1, -0.05) is 45.0 Å². The first-order chi connectivity index (χ1) is 11.3. The summed E-state index contributed by atoms with van der Waals surface area (Å²) in [7, 11) is 0. The van der Waals surface area contributed by atoms with Crippen LogP contribution in [0.5, 0.6) is 5.75 Å². The maximum Gasteiger partial charge on any atom is 0.337 e. The summed E-state index contributed by atoms with van der Waals surface area (Å²) in [5.41, 5.74) is 1.52. The predicted octanol–water partition coefficient (Wildman–Crippen LogP) is 3.70. The second kappa shape index (κ2) is 7.17. The zero-order valence-corrected chi connectivity index (χ0v) is 14.0. The minimum Gasteiger partial charge on any atom is -0.484 e. The Balaban J connectivity index is 1.96. The van der Waals surface area contributed by atoms with Gasteiger partial charge in [0.05, 0.1) is 11.3 Å². The molecule has 0 aliphatic heterocycles. The molecule has 0 fully saturated rings. The van der Waals surface area contributed by atoms with Gasteiger partial charge in [-0.25, -0.2) is 4.79 Å². The first kappa shape index (κ1) is 17.5. The summed E-state index contributed by atoms with van der Waals surface area (Å²) in [4.78, 5) is 23.1. The first-order valence-corrected chi connectivity index (χ1v) is 7.63. The number of hydrogen-bond donors (Lipinski definition) is 2. The van der Waals surface area contributed by atoms with E-state index in [0.29, 0.717) is 5.75 Å². The second-order valence-electron chi connectivity index (χ2n) is 6.46. The van der Waals surface area contributed by atoms with E-state index in [-0.39, 0.29) is 23.3 Å². The Morgan fingerprint density at radius 2 is 1.67 bits per heavy atom. The van der Waals surface area contributed by atoms with E-state index in [1.54, 1.807) is 18.2 Å². The number of nitrogens with one attached hydrogen (secondary N) is 1. The van der Waals surface area contributed by atoms with Crippen LogP contribution >= 0.6 is 0 Å². The van der Waals surface area contributed by atoms with E-state index in [2.05, 4.69) is 26.1 Å². The topological polar surface area (TPSA) is 75.6 Å². The number of para-hydroxylation sites is 1. The maximum absolute atomic E-state index is 12.0. The monoisotopic (exact) mass is 327 g/mol. The van der Waals surface area contributed by atoms with Crippen LogP contribution in [-0.2, 0) is 10.2 Å². The highest BCUT2D eigenvalue weighted by Gasteiger charge is 2.14. The second-order valence-corrected chi connectivity index (χ2v) is 6.46. The van der Waals surface area contributed by atoms with E-state index in [0.717, 1.165) is 0 Å². The fourth-order valence-corrected chi connectivity index (χ4v) is 2.16. The van der Waals surface area contributed by atoms with Gasteiger partial charge in [-0.3, -0.25) is 4.79 Å². The molecule has 2 rings (SSSR count). The van der Waals surface area contributed by atoms with Gasteiger partial charge in [0.15, 0.2) is 6.61 Å². The number of carbonyl (C=O) groups is 2. The molecule has 24 heavy (non-hydrogen) atoms. The smallest absolute Gasteiger partial charge is 0.337 e. The molecule has 0 heterocycles. The standard InChI is InChI=1S/C19H21NO4/c1-19(2,3)13-8-10-14(11-9-13)24-12-17(21)20-16-7-5-4-6-15(16)18(22)23/h4-11H,12H2,1-3H3,(H,20,21)(H,22,23). The van der Waals surface area contributed by atoms with Gasteiger partial charge in [-0.2, -0.15) is 0 Å². The molecule has 0 spiro atoms. The molecule has 5 heteroatoms. The van der Waals surface area contributed by atoms with Crippen LogP contribution in [-0.4, -0.2) is 23.6 Å². The zero-order chi connectivity index (χ0) is 17.7. The Bertz CT molecular complexity index is 730. The Labute approximate surface area is 141 Å². The average molecular weight is 327 g/mol. The highest BCUT2D eigenvalue weighted by Crippen LogP contribution is 2.24. The van der Waals surface area contributed by atoms with Gasteiger partial charge in [-0.05, 0) is 35.2 Å². The third kappa shape index (κ3) is 4.59. The number of carboxylic acid groups (broad SMARTS) is 1. The number of carbonyl (C=O) groups excluding carboxylic acids is 1. The lowest BCUT2D eigenvalue weighted by molar-refractivity contribution is -0.118. The van der Waals surface area contributed by atoms with E-state index in [1.807, 2.05) is 24.3 Å². The molecular formula is C19H21NO4. The van der Waals surface area contributed by atoms with Crippen LogP contribution in [0, 0.1) is 0 Å². The van der Waals surface area contributed by atoms with Gasteiger partial charge in [-0.15, -0.1) is 0 Å². The molecule has 0 saturated heterocycles. The van der Waals surface area contributed by atoms with Gasteiger partial charge in [0, 0.05) is 0 Å². The van der Waals surface area contributed by atoms with E-state index in [1.165, 1.54) is 11.6 Å². The van der Waals surface area contributed by atoms with Crippen LogP contribution < -0.4 is 10.1 Å². The molecule has 126 valence electrons. The van der Waals surface area contributed by atoms with Crippen molar-refractivity contribution < 1.29 is 19.4 Å². The molecule has 0 radical (unpaired) electrons. The van der Waals surface area contributed by atoms with Crippen molar-refractivity contribution >= 4 is 17.6 Å². The van der Waals surface area contributed by atoms with Crippen molar-refractivity contribution in [2.45, 2.75) is 26.2 Å². The number of hydrogen-bond acceptors (Lipinski definition) is 3. The minimum absolute atomic E-state index is 0.0420. The summed E-state index contributed by atoms with van der Waals surface area (Å²) in [6.07, 6.45) is 0. The highest BCUT2D eigenvalue weighted by molar-refractivity contribution is 6.00. The number of amides is 1. The molecule has 0 saturated carbocycles. The van der Waals surface area contributed by atoms with Crippen LogP contribution in [0.2, 0.25) is 0 Å².